The van der Waals surface area contributed by atoms with Crippen LogP contribution in [0, 0.1) is 13.8 Å². The Morgan fingerprint density at radius 2 is 1.89 bits per heavy atom. The molecule has 0 atom stereocenters. The zero-order valence-electron chi connectivity index (χ0n) is 15.7. The molecule has 6 heteroatoms. The number of aromatic nitrogens is 3. The highest BCUT2D eigenvalue weighted by atomic mass is 35.5. The van der Waals surface area contributed by atoms with E-state index in [-0.39, 0.29) is 6.42 Å². The molecule has 0 aliphatic carbocycles. The normalized spacial score (nSPS) is 11.2. The Labute approximate surface area is 167 Å². The molecule has 2 aromatic carbocycles. The molecule has 142 valence electrons. The molecule has 2 N–H and O–H groups in total. The molecule has 0 spiro atoms. The molecule has 0 amide bonds. The number of rotatable bonds is 5. The molecular formula is C22H20ClN3O2. The number of carbonyl (C=O) groups is 1. The first-order valence-corrected chi connectivity index (χ1v) is 9.41. The molecule has 0 aliphatic rings. The van der Waals surface area contributed by atoms with Crippen molar-refractivity contribution in [2.24, 2.45) is 0 Å². The molecule has 2 heterocycles. The molecule has 2 aromatic heterocycles. The van der Waals surface area contributed by atoms with Crippen molar-refractivity contribution >= 4 is 28.5 Å². The fraction of sp³-hybridized carbons (Fsp3) is 0.182. The number of hydrogen-bond donors (Lipinski definition) is 2. The first kappa shape index (κ1) is 18.3. The number of aliphatic carboxylic acids is 1. The first-order valence-electron chi connectivity index (χ1n) is 9.03. The molecule has 0 bridgehead atoms. The third-order valence-electron chi connectivity index (χ3n) is 5.04. The van der Waals surface area contributed by atoms with Crippen molar-refractivity contribution in [3.8, 4) is 11.3 Å². The number of aryl methyl sites for hydroxylation is 1. The van der Waals surface area contributed by atoms with E-state index in [0.29, 0.717) is 6.54 Å². The Balaban J connectivity index is 1.57. The van der Waals surface area contributed by atoms with E-state index in [4.69, 9.17) is 16.7 Å². The van der Waals surface area contributed by atoms with Crippen LogP contribution in [0.3, 0.4) is 0 Å². The lowest BCUT2D eigenvalue weighted by Crippen LogP contribution is -2.06. The predicted octanol–water partition coefficient (Wildman–Crippen LogP) is 4.98. The summed E-state index contributed by atoms with van der Waals surface area (Å²) >= 11 is 6.07. The average Bonchev–Trinajstić information content (AvgIpc) is 3.18. The molecule has 0 saturated heterocycles. The summed E-state index contributed by atoms with van der Waals surface area (Å²) in [5.41, 5.74) is 6.76. The van der Waals surface area contributed by atoms with Gasteiger partial charge in [0.2, 0.25) is 0 Å². The highest BCUT2D eigenvalue weighted by Gasteiger charge is 2.14. The minimum atomic E-state index is -0.838. The van der Waals surface area contributed by atoms with Gasteiger partial charge in [-0.3, -0.25) is 9.48 Å². The summed E-state index contributed by atoms with van der Waals surface area (Å²) < 4.78 is 1.87. The van der Waals surface area contributed by atoms with Crippen LogP contribution >= 0.6 is 11.6 Å². The van der Waals surface area contributed by atoms with E-state index in [0.717, 1.165) is 49.7 Å². The van der Waals surface area contributed by atoms with Gasteiger partial charge in [0.15, 0.2) is 0 Å². The number of halogens is 1. The van der Waals surface area contributed by atoms with Crippen molar-refractivity contribution in [1.29, 1.82) is 0 Å². The molecule has 0 aliphatic heterocycles. The second kappa shape index (κ2) is 7.17. The smallest absolute Gasteiger partial charge is 0.307 e. The summed E-state index contributed by atoms with van der Waals surface area (Å²) in [6.07, 6.45) is 0.000996. The van der Waals surface area contributed by atoms with Gasteiger partial charge in [-0.25, -0.2) is 0 Å². The van der Waals surface area contributed by atoms with E-state index in [2.05, 4.69) is 40.4 Å². The second-order valence-electron chi connectivity index (χ2n) is 6.99. The van der Waals surface area contributed by atoms with Gasteiger partial charge in [-0.05, 0) is 49.2 Å². The number of hydrogen-bond acceptors (Lipinski definition) is 2. The standard InChI is InChI=1S/C22H20ClN3O2/c1-13-19(11-22(27)28)14(2)26(25-13)12-15-3-5-16(6-4-15)21-10-17-9-18(23)7-8-20(17)24-21/h3-10,24H,11-12H2,1-2H3,(H,27,28). The third kappa shape index (κ3) is 3.53. The SMILES string of the molecule is Cc1nn(Cc2ccc(-c3cc4cc(Cl)ccc4[nH]3)cc2)c(C)c1CC(=O)O. The summed E-state index contributed by atoms with van der Waals surface area (Å²) in [5, 5.41) is 15.4. The molecule has 4 rings (SSSR count). The van der Waals surface area contributed by atoms with Crippen molar-refractivity contribution < 1.29 is 9.90 Å². The zero-order chi connectivity index (χ0) is 19.8. The van der Waals surface area contributed by atoms with Gasteiger partial charge < -0.3 is 10.1 Å². The number of benzene rings is 2. The Morgan fingerprint density at radius 3 is 2.61 bits per heavy atom. The van der Waals surface area contributed by atoms with E-state index >= 15 is 0 Å². The van der Waals surface area contributed by atoms with Gasteiger partial charge >= 0.3 is 5.97 Å². The number of fused-ring (bicyclic) bond motifs is 1. The van der Waals surface area contributed by atoms with Crippen LogP contribution in [0.15, 0.2) is 48.5 Å². The van der Waals surface area contributed by atoms with Crippen molar-refractivity contribution in [2.75, 3.05) is 0 Å². The van der Waals surface area contributed by atoms with Gasteiger partial charge in [0, 0.05) is 32.9 Å². The van der Waals surface area contributed by atoms with Gasteiger partial charge in [0.05, 0.1) is 18.7 Å². The lowest BCUT2D eigenvalue weighted by atomic mass is 10.1. The van der Waals surface area contributed by atoms with Crippen molar-refractivity contribution in [2.45, 2.75) is 26.8 Å². The van der Waals surface area contributed by atoms with Gasteiger partial charge in [0.1, 0.15) is 0 Å². The first-order chi connectivity index (χ1) is 13.4. The monoisotopic (exact) mass is 393 g/mol. The minimum Gasteiger partial charge on any atom is -0.481 e. The topological polar surface area (TPSA) is 70.9 Å². The Kier molecular flexibility index (Phi) is 4.69. The van der Waals surface area contributed by atoms with Crippen molar-refractivity contribution in [3.05, 3.63) is 76.1 Å². The van der Waals surface area contributed by atoms with Crippen LogP contribution in [0.2, 0.25) is 5.02 Å². The lowest BCUT2D eigenvalue weighted by Gasteiger charge is -2.06. The molecule has 28 heavy (non-hydrogen) atoms. The summed E-state index contributed by atoms with van der Waals surface area (Å²) in [5.74, 6) is -0.838. The van der Waals surface area contributed by atoms with Crippen LogP contribution < -0.4 is 0 Å². The van der Waals surface area contributed by atoms with E-state index in [1.807, 2.05) is 36.7 Å². The van der Waals surface area contributed by atoms with E-state index in [1.54, 1.807) is 0 Å². The molecule has 0 saturated carbocycles. The largest absolute Gasteiger partial charge is 0.481 e. The zero-order valence-corrected chi connectivity index (χ0v) is 16.4. The molecule has 4 aromatic rings. The summed E-state index contributed by atoms with van der Waals surface area (Å²) in [4.78, 5) is 14.5. The average molecular weight is 394 g/mol. The Morgan fingerprint density at radius 1 is 1.14 bits per heavy atom. The maximum absolute atomic E-state index is 11.0. The number of nitrogens with one attached hydrogen (secondary N) is 1. The van der Waals surface area contributed by atoms with Crippen molar-refractivity contribution in [3.63, 3.8) is 0 Å². The fourth-order valence-electron chi connectivity index (χ4n) is 3.52. The predicted molar refractivity (Wildman–Crippen MR) is 111 cm³/mol. The lowest BCUT2D eigenvalue weighted by molar-refractivity contribution is -0.136. The maximum Gasteiger partial charge on any atom is 0.307 e. The number of carboxylic acid groups (broad SMARTS) is 1. The molecule has 0 radical (unpaired) electrons. The van der Waals surface area contributed by atoms with Gasteiger partial charge in [-0.1, -0.05) is 35.9 Å². The van der Waals surface area contributed by atoms with Crippen LogP contribution in [0.5, 0.6) is 0 Å². The van der Waals surface area contributed by atoms with Gasteiger partial charge in [-0.15, -0.1) is 0 Å². The van der Waals surface area contributed by atoms with Crippen LogP contribution in [-0.4, -0.2) is 25.8 Å². The number of H-pyrrole nitrogens is 1. The van der Waals surface area contributed by atoms with Crippen LogP contribution in [0.1, 0.15) is 22.5 Å². The molecular weight excluding hydrogens is 374 g/mol. The summed E-state index contributed by atoms with van der Waals surface area (Å²) in [7, 11) is 0. The third-order valence-corrected chi connectivity index (χ3v) is 5.27. The molecule has 0 unspecified atom stereocenters. The molecule has 0 fully saturated rings. The van der Waals surface area contributed by atoms with Crippen LogP contribution in [-0.2, 0) is 17.8 Å². The van der Waals surface area contributed by atoms with E-state index in [9.17, 15) is 4.79 Å². The van der Waals surface area contributed by atoms with Gasteiger partial charge in [-0.2, -0.15) is 5.10 Å². The highest BCUT2D eigenvalue weighted by Crippen LogP contribution is 2.26. The number of nitrogens with zero attached hydrogens (tertiary/aromatic N) is 2. The van der Waals surface area contributed by atoms with E-state index < -0.39 is 5.97 Å². The minimum absolute atomic E-state index is 0.000996. The number of aromatic amines is 1. The quantitative estimate of drug-likeness (QED) is 0.502. The summed E-state index contributed by atoms with van der Waals surface area (Å²) in [6, 6.07) is 16.2. The van der Waals surface area contributed by atoms with E-state index in [1.165, 1.54) is 0 Å². The Hall–Kier alpha value is -3.05. The highest BCUT2D eigenvalue weighted by molar-refractivity contribution is 6.31. The fourth-order valence-corrected chi connectivity index (χ4v) is 3.70. The molecule has 5 nitrogen and oxygen atoms in total. The van der Waals surface area contributed by atoms with Crippen LogP contribution in [0.25, 0.3) is 22.2 Å². The Bertz CT molecular complexity index is 1170. The van der Waals surface area contributed by atoms with Gasteiger partial charge in [0.25, 0.3) is 0 Å². The van der Waals surface area contributed by atoms with Crippen molar-refractivity contribution in [1.82, 2.24) is 14.8 Å². The maximum atomic E-state index is 11.0. The second-order valence-corrected chi connectivity index (χ2v) is 7.43. The van der Waals surface area contributed by atoms with Crippen LogP contribution in [0.4, 0.5) is 0 Å². The number of carboxylic acids is 1. The summed E-state index contributed by atoms with van der Waals surface area (Å²) in [6.45, 7) is 4.38.